The molecule has 4 nitrogen and oxygen atoms in total. The van der Waals surface area contributed by atoms with Crippen molar-refractivity contribution in [3.8, 4) is 0 Å². The van der Waals surface area contributed by atoms with Crippen LogP contribution in [0.4, 0.5) is 0 Å². The molecule has 1 fully saturated rings. The fraction of sp³-hybridized carbons (Fsp3) is 0.632. The van der Waals surface area contributed by atoms with Crippen LogP contribution in [-0.2, 0) is 16.1 Å². The average Bonchev–Trinajstić information content (AvgIpc) is 2.65. The van der Waals surface area contributed by atoms with E-state index in [0.717, 1.165) is 45.2 Å². The molecule has 9 heteroatoms. The Labute approximate surface area is 188 Å². The monoisotopic (exact) mass is 507 g/mol. The van der Waals surface area contributed by atoms with Gasteiger partial charge in [-0.3, -0.25) is 9.89 Å². The van der Waals surface area contributed by atoms with E-state index in [1.165, 1.54) is 5.56 Å². The molecule has 28 heavy (non-hydrogen) atoms. The minimum absolute atomic E-state index is 0.670. The molecule has 0 saturated carbocycles. The topological polar surface area (TPSA) is 36.9 Å². The molecule has 0 aliphatic carbocycles. The SMILES string of the molecule is CC(C)[PH+](NC(=NCCN1CCOCC1)c1ccccc1)C(C)C.[Cl][Cr+]([Cl])[Cl]. The van der Waals surface area contributed by atoms with Crippen LogP contribution in [0.15, 0.2) is 35.3 Å². The minimum atomic E-state index is -1.62. The van der Waals surface area contributed by atoms with Crippen molar-refractivity contribution in [1.82, 2.24) is 9.99 Å². The molecule has 0 amide bonds. The number of nitrogens with zero attached hydrogens (tertiary/aromatic N) is 2. The maximum absolute atomic E-state index is 5.42. The number of aliphatic imine (C=N–C) groups is 1. The molecule has 160 valence electrons. The van der Waals surface area contributed by atoms with Gasteiger partial charge in [-0.15, -0.1) is 0 Å². The second-order valence-electron chi connectivity index (χ2n) is 7.12. The van der Waals surface area contributed by atoms with E-state index in [1.54, 1.807) is 0 Å². The molecule has 0 radical (unpaired) electrons. The fourth-order valence-corrected chi connectivity index (χ4v) is 5.43. The molecule has 1 aromatic carbocycles. The average molecular weight is 509 g/mol. The van der Waals surface area contributed by atoms with E-state index < -0.39 is 19.5 Å². The second kappa shape index (κ2) is 15.3. The van der Waals surface area contributed by atoms with Crippen molar-refractivity contribution in [2.75, 3.05) is 39.4 Å². The summed E-state index contributed by atoms with van der Waals surface area (Å²) in [4.78, 5) is 7.38. The molecule has 0 atom stereocenters. The summed E-state index contributed by atoms with van der Waals surface area (Å²) in [6, 6.07) is 10.5. The van der Waals surface area contributed by atoms with Crippen molar-refractivity contribution in [1.29, 1.82) is 0 Å². The molecule has 1 N–H and O–H groups in total. The third-order valence-electron chi connectivity index (χ3n) is 4.34. The number of amidine groups is 1. The third-order valence-corrected chi connectivity index (χ3v) is 7.36. The summed E-state index contributed by atoms with van der Waals surface area (Å²) >= 11 is -1.62. The maximum atomic E-state index is 5.42. The number of morpholine rings is 1. The molecule has 1 aromatic rings. The second-order valence-corrected chi connectivity index (χ2v) is 16.9. The van der Waals surface area contributed by atoms with Crippen LogP contribution < -0.4 is 5.09 Å². The molecular weight excluding hydrogens is 476 g/mol. The molecular formula is C19H33Cl3CrN3OP+2. The Hall–Kier alpha value is 0.442. The van der Waals surface area contributed by atoms with Crippen molar-refractivity contribution < 1.29 is 16.1 Å². The van der Waals surface area contributed by atoms with Gasteiger partial charge in [0.15, 0.2) is 5.84 Å². The van der Waals surface area contributed by atoms with Gasteiger partial charge in [-0.25, -0.2) is 5.09 Å². The molecule has 0 bridgehead atoms. The van der Waals surface area contributed by atoms with Crippen molar-refractivity contribution in [3.05, 3.63) is 35.9 Å². The number of hydrogen-bond donors (Lipinski definition) is 1. The molecule has 1 aliphatic heterocycles. The zero-order chi connectivity index (χ0) is 20.9. The Morgan fingerprint density at radius 3 is 2.14 bits per heavy atom. The first-order chi connectivity index (χ1) is 13.3. The first-order valence-corrected chi connectivity index (χ1v) is 16.5. The predicted molar refractivity (Wildman–Crippen MR) is 124 cm³/mol. The van der Waals surface area contributed by atoms with Crippen LogP contribution in [0.5, 0.6) is 0 Å². The van der Waals surface area contributed by atoms with Gasteiger partial charge in [0.05, 0.1) is 39.1 Å². The zero-order valence-electron chi connectivity index (χ0n) is 17.1. The number of benzene rings is 1. The van der Waals surface area contributed by atoms with Crippen LogP contribution in [0.25, 0.3) is 0 Å². The molecule has 1 aliphatic rings. The van der Waals surface area contributed by atoms with E-state index in [4.69, 9.17) is 39.9 Å². The summed E-state index contributed by atoms with van der Waals surface area (Å²) in [5.74, 6) is 1.07. The van der Waals surface area contributed by atoms with Crippen molar-refractivity contribution in [2.45, 2.75) is 39.0 Å². The van der Waals surface area contributed by atoms with Crippen LogP contribution in [-0.4, -0.2) is 61.4 Å². The van der Waals surface area contributed by atoms with E-state index >= 15 is 0 Å². The fourth-order valence-electron chi connectivity index (χ4n) is 3.02. The van der Waals surface area contributed by atoms with E-state index in [2.05, 4.69) is 68.0 Å². The van der Waals surface area contributed by atoms with Gasteiger partial charge in [-0.1, -0.05) is 30.3 Å². The number of hydrogen-bond acceptors (Lipinski definition) is 3. The van der Waals surface area contributed by atoms with Crippen molar-refractivity contribution in [3.63, 3.8) is 0 Å². The van der Waals surface area contributed by atoms with Crippen LogP contribution in [0.3, 0.4) is 0 Å². The molecule has 1 saturated heterocycles. The van der Waals surface area contributed by atoms with Crippen molar-refractivity contribution in [2.24, 2.45) is 4.99 Å². The molecule has 1 heterocycles. The number of rotatable bonds is 7. The number of nitrogens with one attached hydrogen (secondary N) is 1. The Morgan fingerprint density at radius 2 is 1.64 bits per heavy atom. The van der Waals surface area contributed by atoms with Crippen LogP contribution >= 0.6 is 38.2 Å². The van der Waals surface area contributed by atoms with E-state index in [9.17, 15) is 0 Å². The van der Waals surface area contributed by atoms with Gasteiger partial charge in [0.2, 0.25) is 0 Å². The van der Waals surface area contributed by atoms with E-state index in [0.29, 0.717) is 11.3 Å². The van der Waals surface area contributed by atoms with Crippen LogP contribution in [0, 0.1) is 0 Å². The van der Waals surface area contributed by atoms with Crippen LogP contribution in [0.2, 0.25) is 0 Å². The first-order valence-electron chi connectivity index (χ1n) is 9.58. The van der Waals surface area contributed by atoms with Gasteiger partial charge in [0.1, 0.15) is 0 Å². The van der Waals surface area contributed by atoms with Gasteiger partial charge in [-0.2, -0.15) is 0 Å². The summed E-state index contributed by atoms with van der Waals surface area (Å²) in [7, 11) is 14.1. The van der Waals surface area contributed by atoms with Gasteiger partial charge in [-0.05, 0) is 27.7 Å². The number of halogens is 3. The van der Waals surface area contributed by atoms with E-state index in [-0.39, 0.29) is 0 Å². The molecule has 0 unspecified atom stereocenters. The van der Waals surface area contributed by atoms with Crippen molar-refractivity contribution >= 4 is 44.1 Å². The van der Waals surface area contributed by atoms with E-state index in [1.807, 2.05) is 0 Å². The van der Waals surface area contributed by atoms with Gasteiger partial charge in [0.25, 0.3) is 0 Å². The summed E-state index contributed by atoms with van der Waals surface area (Å²) < 4.78 is 5.42. The molecule has 0 aromatic heterocycles. The molecule has 0 spiro atoms. The van der Waals surface area contributed by atoms with Gasteiger partial charge >= 0.3 is 41.5 Å². The Balaban J connectivity index is 0.000000892. The summed E-state index contributed by atoms with van der Waals surface area (Å²) in [6.45, 7) is 14.9. The Morgan fingerprint density at radius 1 is 1.11 bits per heavy atom. The standard InChI is InChI=1S/C19H32N3OP.3ClH.Cr/c1-16(2)24(17(3)4)21-19(18-8-6-5-7-9-18)20-10-11-22-12-14-23-15-13-22;;;;/h5-9,16-17H,10-15H2,1-4H3,(H,20,21);3*1H;/q;;;;+4/p-2. The Kier molecular flexibility index (Phi) is 14.4. The zero-order valence-corrected chi connectivity index (χ0v) is 21.7. The quantitative estimate of drug-likeness (QED) is 0.306. The third kappa shape index (κ3) is 11.6. The molecule has 2 rings (SSSR count). The Bertz CT molecular complexity index is 548. The summed E-state index contributed by atoms with van der Waals surface area (Å²) in [5, 5.41) is 3.82. The first kappa shape index (κ1) is 26.5. The predicted octanol–water partition coefficient (Wildman–Crippen LogP) is 5.37. The number of ether oxygens (including phenoxy) is 1. The summed E-state index contributed by atoms with van der Waals surface area (Å²) in [6.07, 6.45) is 0. The van der Waals surface area contributed by atoms with Crippen LogP contribution in [0.1, 0.15) is 33.3 Å². The normalized spacial score (nSPS) is 15.9. The summed E-state index contributed by atoms with van der Waals surface area (Å²) in [5.41, 5.74) is 2.54. The van der Waals surface area contributed by atoms with Gasteiger partial charge < -0.3 is 4.74 Å². The van der Waals surface area contributed by atoms with Gasteiger partial charge in [0, 0.05) is 25.2 Å².